The number of hydrogen-bond donors (Lipinski definition) is 0. The maximum Gasteiger partial charge on any atom is 0.227 e. The molecule has 2 aromatic carbocycles. The molecule has 2 heterocycles. The Hall–Kier alpha value is -2.93. The van der Waals surface area contributed by atoms with Gasteiger partial charge >= 0.3 is 0 Å². The molecule has 148 valence electrons. The Kier molecular flexibility index (Phi) is 5.76. The second kappa shape index (κ2) is 8.61. The molecule has 1 aliphatic rings. The lowest BCUT2D eigenvalue weighted by molar-refractivity contribution is -0.117. The second-order valence-corrected chi connectivity index (χ2v) is 7.96. The van der Waals surface area contributed by atoms with Crippen molar-refractivity contribution in [2.75, 3.05) is 17.2 Å². The van der Waals surface area contributed by atoms with Gasteiger partial charge in [-0.25, -0.2) is 0 Å². The highest BCUT2D eigenvalue weighted by Gasteiger charge is 2.22. The highest BCUT2D eigenvalue weighted by Crippen LogP contribution is 2.24. The van der Waals surface area contributed by atoms with Crippen LogP contribution in [0.4, 0.5) is 5.69 Å². The van der Waals surface area contributed by atoms with E-state index in [9.17, 15) is 9.59 Å². The number of anilines is 1. The van der Waals surface area contributed by atoms with Crippen LogP contribution in [0.15, 0.2) is 59.8 Å². The largest absolute Gasteiger partial charge is 0.312 e. The summed E-state index contributed by atoms with van der Waals surface area (Å²) in [6.45, 7) is 3.30. The first kappa shape index (κ1) is 19.4. The molecule has 0 atom stereocenters. The van der Waals surface area contributed by atoms with Crippen LogP contribution in [-0.4, -0.2) is 38.8 Å². The van der Waals surface area contributed by atoms with E-state index in [1.54, 1.807) is 11.0 Å². The van der Waals surface area contributed by atoms with Gasteiger partial charge in [-0.3, -0.25) is 9.59 Å². The van der Waals surface area contributed by atoms with E-state index in [0.717, 1.165) is 28.7 Å². The zero-order valence-corrected chi connectivity index (χ0v) is 17.1. The van der Waals surface area contributed by atoms with E-state index in [1.165, 1.54) is 11.8 Å². The number of rotatable bonds is 7. The van der Waals surface area contributed by atoms with Crippen molar-refractivity contribution >= 4 is 29.1 Å². The van der Waals surface area contributed by atoms with Gasteiger partial charge in [-0.05, 0) is 31.0 Å². The fourth-order valence-electron chi connectivity index (χ4n) is 3.40. The molecule has 1 saturated heterocycles. The van der Waals surface area contributed by atoms with Crippen molar-refractivity contribution in [3.05, 3.63) is 71.5 Å². The molecule has 1 fully saturated rings. The molecule has 0 bridgehead atoms. The van der Waals surface area contributed by atoms with Crippen molar-refractivity contribution in [2.45, 2.75) is 31.5 Å². The van der Waals surface area contributed by atoms with Crippen molar-refractivity contribution in [3.63, 3.8) is 0 Å². The number of nitrogens with zero attached hydrogens (tertiary/aromatic N) is 4. The minimum absolute atomic E-state index is 0.00964. The fourth-order valence-corrected chi connectivity index (χ4v) is 4.28. The zero-order chi connectivity index (χ0) is 20.2. The predicted octanol–water partition coefficient (Wildman–Crippen LogP) is 3.74. The van der Waals surface area contributed by atoms with Crippen LogP contribution in [0.2, 0.25) is 0 Å². The number of carbonyl (C=O) groups excluding carboxylic acids is 2. The highest BCUT2D eigenvalue weighted by atomic mass is 32.2. The summed E-state index contributed by atoms with van der Waals surface area (Å²) in [7, 11) is 0. The number of aryl methyl sites for hydroxylation is 1. The minimum Gasteiger partial charge on any atom is -0.312 e. The summed E-state index contributed by atoms with van der Waals surface area (Å²) >= 11 is 1.39. The van der Waals surface area contributed by atoms with E-state index in [4.69, 9.17) is 0 Å². The molecule has 1 amide bonds. The summed E-state index contributed by atoms with van der Waals surface area (Å²) in [6.07, 6.45) is 1.44. The van der Waals surface area contributed by atoms with E-state index >= 15 is 0 Å². The van der Waals surface area contributed by atoms with Gasteiger partial charge in [0.15, 0.2) is 10.9 Å². The third kappa shape index (κ3) is 4.40. The van der Waals surface area contributed by atoms with Crippen LogP contribution >= 0.6 is 11.8 Å². The Morgan fingerprint density at radius 3 is 2.69 bits per heavy atom. The summed E-state index contributed by atoms with van der Waals surface area (Å²) < 4.78 is 2.02. The maximum absolute atomic E-state index is 12.8. The van der Waals surface area contributed by atoms with Crippen LogP contribution in [0.25, 0.3) is 0 Å². The van der Waals surface area contributed by atoms with Crippen molar-refractivity contribution in [1.82, 2.24) is 14.8 Å². The van der Waals surface area contributed by atoms with Gasteiger partial charge in [-0.15, -0.1) is 10.2 Å². The number of amides is 1. The highest BCUT2D eigenvalue weighted by molar-refractivity contribution is 7.99. The number of aromatic nitrogens is 3. The lowest BCUT2D eigenvalue weighted by Crippen LogP contribution is -2.23. The Balaban J connectivity index is 1.45. The molecule has 0 spiro atoms. The van der Waals surface area contributed by atoms with Gasteiger partial charge in [0, 0.05) is 24.2 Å². The molecular weight excluding hydrogens is 384 g/mol. The molecule has 1 aliphatic heterocycles. The van der Waals surface area contributed by atoms with E-state index in [0.29, 0.717) is 25.1 Å². The number of thioether (sulfide) groups is 1. The molecule has 1 aromatic heterocycles. The molecule has 4 rings (SSSR count). The first-order valence-corrected chi connectivity index (χ1v) is 10.6. The molecule has 7 heteroatoms. The van der Waals surface area contributed by atoms with Gasteiger partial charge in [-0.1, -0.05) is 54.2 Å². The van der Waals surface area contributed by atoms with Gasteiger partial charge in [0.2, 0.25) is 5.91 Å². The lowest BCUT2D eigenvalue weighted by atomic mass is 10.1. The van der Waals surface area contributed by atoms with E-state index in [-0.39, 0.29) is 17.4 Å². The Labute approximate surface area is 173 Å². The van der Waals surface area contributed by atoms with Gasteiger partial charge in [-0.2, -0.15) is 0 Å². The number of carbonyl (C=O) groups is 2. The van der Waals surface area contributed by atoms with Crippen LogP contribution < -0.4 is 4.90 Å². The zero-order valence-electron chi connectivity index (χ0n) is 16.2. The summed E-state index contributed by atoms with van der Waals surface area (Å²) in [5.41, 5.74) is 2.57. The first-order chi connectivity index (χ1) is 14.1. The molecule has 6 nitrogen and oxygen atoms in total. The van der Waals surface area contributed by atoms with E-state index in [1.807, 2.05) is 47.9 Å². The van der Waals surface area contributed by atoms with Gasteiger partial charge in [0.1, 0.15) is 5.82 Å². The standard InChI is InChI=1S/C22H22N4O2S/c1-16-23-24-22(26(16)14-17-7-3-2-4-8-17)29-15-20(27)18-9-5-10-19(13-18)25-12-6-11-21(25)28/h2-5,7-10,13H,6,11-12,14-15H2,1H3. The van der Waals surface area contributed by atoms with E-state index < -0.39 is 0 Å². The summed E-state index contributed by atoms with van der Waals surface area (Å²) in [5.74, 6) is 1.21. The van der Waals surface area contributed by atoms with Crippen LogP contribution in [0.5, 0.6) is 0 Å². The number of hydrogen-bond acceptors (Lipinski definition) is 5. The monoisotopic (exact) mass is 406 g/mol. The molecule has 0 aliphatic carbocycles. The number of benzene rings is 2. The summed E-state index contributed by atoms with van der Waals surface area (Å²) in [6, 6.07) is 17.4. The van der Waals surface area contributed by atoms with Crippen LogP contribution in [0.3, 0.4) is 0 Å². The normalized spacial score (nSPS) is 13.8. The minimum atomic E-state index is 0.00964. The van der Waals surface area contributed by atoms with Crippen LogP contribution in [0.1, 0.15) is 34.6 Å². The average Bonchev–Trinajstić information content (AvgIpc) is 3.33. The SMILES string of the molecule is Cc1nnc(SCC(=O)c2cccc(N3CCCC3=O)c2)n1Cc1ccccc1. The van der Waals surface area contributed by atoms with Crippen molar-refractivity contribution in [1.29, 1.82) is 0 Å². The Bertz CT molecular complexity index is 1030. The molecule has 0 unspecified atom stereocenters. The lowest BCUT2D eigenvalue weighted by Gasteiger charge is -2.16. The molecular formula is C22H22N4O2S. The molecule has 3 aromatic rings. The van der Waals surface area contributed by atoms with Crippen LogP contribution in [-0.2, 0) is 11.3 Å². The van der Waals surface area contributed by atoms with E-state index in [2.05, 4.69) is 22.3 Å². The summed E-state index contributed by atoms with van der Waals surface area (Å²) in [5, 5.41) is 9.14. The smallest absolute Gasteiger partial charge is 0.227 e. The van der Waals surface area contributed by atoms with Gasteiger partial charge in [0.25, 0.3) is 0 Å². The topological polar surface area (TPSA) is 68.1 Å². The van der Waals surface area contributed by atoms with Crippen LogP contribution in [0, 0.1) is 6.92 Å². The molecule has 29 heavy (non-hydrogen) atoms. The molecule has 0 radical (unpaired) electrons. The molecule has 0 saturated carbocycles. The third-order valence-corrected chi connectivity index (χ3v) is 5.94. The van der Waals surface area contributed by atoms with Gasteiger partial charge in [0.05, 0.1) is 12.3 Å². The summed E-state index contributed by atoms with van der Waals surface area (Å²) in [4.78, 5) is 26.5. The second-order valence-electron chi connectivity index (χ2n) is 7.01. The Morgan fingerprint density at radius 2 is 1.93 bits per heavy atom. The van der Waals surface area contributed by atoms with Gasteiger partial charge < -0.3 is 9.47 Å². The van der Waals surface area contributed by atoms with Crippen molar-refractivity contribution < 1.29 is 9.59 Å². The molecule has 0 N–H and O–H groups in total. The Morgan fingerprint density at radius 1 is 1.10 bits per heavy atom. The third-order valence-electron chi connectivity index (χ3n) is 4.97. The van der Waals surface area contributed by atoms with Crippen molar-refractivity contribution in [2.24, 2.45) is 0 Å². The van der Waals surface area contributed by atoms with Crippen molar-refractivity contribution in [3.8, 4) is 0 Å². The predicted molar refractivity (Wildman–Crippen MR) is 113 cm³/mol. The number of ketones is 1. The quantitative estimate of drug-likeness (QED) is 0.442. The average molecular weight is 407 g/mol. The number of Topliss-reactive ketones (excluding diaryl/α,β-unsaturated/α-hetero) is 1. The fraction of sp³-hybridized carbons (Fsp3) is 0.273. The maximum atomic E-state index is 12.8. The first-order valence-electron chi connectivity index (χ1n) is 9.62.